The van der Waals surface area contributed by atoms with E-state index in [1.54, 1.807) is 0 Å². The van der Waals surface area contributed by atoms with Gasteiger partial charge in [0.15, 0.2) is 11.0 Å². The van der Waals surface area contributed by atoms with Crippen LogP contribution in [0.1, 0.15) is 13.3 Å². The van der Waals surface area contributed by atoms with Crippen LogP contribution in [0.25, 0.3) is 0 Å². The van der Waals surface area contributed by atoms with Crippen LogP contribution < -0.4 is 4.90 Å². The summed E-state index contributed by atoms with van der Waals surface area (Å²) in [4.78, 5) is 1.94. The van der Waals surface area contributed by atoms with Crippen LogP contribution in [0.4, 0.5) is 5.82 Å². The van der Waals surface area contributed by atoms with E-state index in [2.05, 4.69) is 15.7 Å². The van der Waals surface area contributed by atoms with Gasteiger partial charge in [0.1, 0.15) is 0 Å². The zero-order valence-electron chi connectivity index (χ0n) is 7.40. The van der Waals surface area contributed by atoms with E-state index < -0.39 is 0 Å². The van der Waals surface area contributed by atoms with Crippen LogP contribution >= 0.6 is 23.3 Å². The maximum atomic E-state index is 8.82. The van der Waals surface area contributed by atoms with Gasteiger partial charge in [0, 0.05) is 13.1 Å². The Hall–Kier alpha value is -0.390. The molecular weight excluding hydrogens is 210 g/mol. The SMILES string of the molecule is CCCN(CCO)c1nsnc1Cl. The summed E-state index contributed by atoms with van der Waals surface area (Å²) in [6.07, 6.45) is 0.994. The molecule has 74 valence electrons. The molecule has 0 radical (unpaired) electrons. The zero-order chi connectivity index (χ0) is 9.68. The van der Waals surface area contributed by atoms with Crippen LogP contribution in [-0.2, 0) is 0 Å². The average molecular weight is 222 g/mol. The molecule has 0 aliphatic rings. The highest BCUT2D eigenvalue weighted by atomic mass is 35.5. The van der Waals surface area contributed by atoms with E-state index >= 15 is 0 Å². The summed E-state index contributed by atoms with van der Waals surface area (Å²) in [6.45, 7) is 3.57. The lowest BCUT2D eigenvalue weighted by molar-refractivity contribution is 0.301. The molecule has 0 saturated heterocycles. The summed E-state index contributed by atoms with van der Waals surface area (Å²) in [5, 5.41) is 9.25. The normalized spacial score (nSPS) is 10.4. The predicted molar refractivity (Wildman–Crippen MR) is 54.5 cm³/mol. The fourth-order valence-corrected chi connectivity index (χ4v) is 1.85. The Kier molecular flexibility index (Phi) is 4.41. The number of nitrogens with zero attached hydrogens (tertiary/aromatic N) is 3. The first kappa shape index (κ1) is 10.7. The minimum absolute atomic E-state index is 0.105. The molecule has 0 aromatic carbocycles. The molecule has 1 aromatic heterocycles. The second-order valence-electron chi connectivity index (χ2n) is 2.59. The quantitative estimate of drug-likeness (QED) is 0.817. The largest absolute Gasteiger partial charge is 0.395 e. The lowest BCUT2D eigenvalue weighted by Crippen LogP contribution is -2.27. The van der Waals surface area contributed by atoms with Crippen molar-refractivity contribution in [2.45, 2.75) is 13.3 Å². The van der Waals surface area contributed by atoms with Gasteiger partial charge in [0.05, 0.1) is 18.3 Å². The second kappa shape index (κ2) is 5.36. The van der Waals surface area contributed by atoms with Crippen LogP contribution in [0.5, 0.6) is 0 Å². The highest BCUT2D eigenvalue weighted by molar-refractivity contribution is 6.99. The average Bonchev–Trinajstić information content (AvgIpc) is 2.51. The minimum Gasteiger partial charge on any atom is -0.395 e. The van der Waals surface area contributed by atoms with Gasteiger partial charge in [-0.2, -0.15) is 8.75 Å². The molecule has 1 heterocycles. The number of rotatable bonds is 5. The fraction of sp³-hybridized carbons (Fsp3) is 0.714. The van der Waals surface area contributed by atoms with Crippen molar-refractivity contribution in [1.82, 2.24) is 8.75 Å². The van der Waals surface area contributed by atoms with Crippen molar-refractivity contribution >= 4 is 29.1 Å². The highest BCUT2D eigenvalue weighted by Gasteiger charge is 2.12. The molecule has 6 heteroatoms. The number of hydrogen-bond acceptors (Lipinski definition) is 5. The first-order valence-corrected chi connectivity index (χ1v) is 5.24. The molecule has 0 unspecified atom stereocenters. The van der Waals surface area contributed by atoms with Crippen LogP contribution in [0.15, 0.2) is 0 Å². The fourth-order valence-electron chi connectivity index (χ4n) is 1.08. The van der Waals surface area contributed by atoms with E-state index in [-0.39, 0.29) is 6.61 Å². The van der Waals surface area contributed by atoms with E-state index in [1.807, 2.05) is 4.90 Å². The van der Waals surface area contributed by atoms with Gasteiger partial charge < -0.3 is 10.0 Å². The zero-order valence-corrected chi connectivity index (χ0v) is 8.98. The topological polar surface area (TPSA) is 49.2 Å². The van der Waals surface area contributed by atoms with Crippen molar-refractivity contribution in [2.75, 3.05) is 24.6 Å². The summed E-state index contributed by atoms with van der Waals surface area (Å²) in [5.41, 5.74) is 0. The summed E-state index contributed by atoms with van der Waals surface area (Å²) < 4.78 is 7.94. The van der Waals surface area contributed by atoms with Gasteiger partial charge in [-0.3, -0.25) is 0 Å². The number of aliphatic hydroxyl groups is 1. The third-order valence-corrected chi connectivity index (χ3v) is 2.47. The maximum absolute atomic E-state index is 8.82. The van der Waals surface area contributed by atoms with Crippen molar-refractivity contribution < 1.29 is 5.11 Å². The van der Waals surface area contributed by atoms with Crippen molar-refractivity contribution in [1.29, 1.82) is 0 Å². The first-order chi connectivity index (χ1) is 6.29. The van der Waals surface area contributed by atoms with Crippen LogP contribution in [0.3, 0.4) is 0 Å². The number of aromatic nitrogens is 2. The highest BCUT2D eigenvalue weighted by Crippen LogP contribution is 2.22. The molecule has 0 saturated carbocycles. The molecule has 0 fully saturated rings. The summed E-state index contributed by atoms with van der Waals surface area (Å²) >= 11 is 6.91. The smallest absolute Gasteiger partial charge is 0.187 e. The van der Waals surface area contributed by atoms with Gasteiger partial charge in [-0.15, -0.1) is 0 Å². The van der Waals surface area contributed by atoms with E-state index in [9.17, 15) is 0 Å². The Morgan fingerprint density at radius 1 is 1.46 bits per heavy atom. The Bertz CT molecular complexity index is 250. The van der Waals surface area contributed by atoms with E-state index in [0.29, 0.717) is 17.5 Å². The number of anilines is 1. The van der Waals surface area contributed by atoms with E-state index in [1.165, 1.54) is 0 Å². The molecule has 13 heavy (non-hydrogen) atoms. The van der Waals surface area contributed by atoms with E-state index in [4.69, 9.17) is 16.7 Å². The number of halogens is 1. The Balaban J connectivity index is 2.69. The molecule has 0 spiro atoms. The summed E-state index contributed by atoms with van der Waals surface area (Å²) in [5.74, 6) is 0.683. The predicted octanol–water partition coefficient (Wildman–Crippen LogP) is 1.40. The van der Waals surface area contributed by atoms with Gasteiger partial charge in [0.2, 0.25) is 0 Å². The van der Waals surface area contributed by atoms with Crippen LogP contribution in [0.2, 0.25) is 5.15 Å². The molecule has 0 aliphatic carbocycles. The van der Waals surface area contributed by atoms with Gasteiger partial charge in [-0.05, 0) is 6.42 Å². The maximum Gasteiger partial charge on any atom is 0.187 e. The van der Waals surface area contributed by atoms with Gasteiger partial charge in [-0.1, -0.05) is 18.5 Å². The third-order valence-electron chi connectivity index (χ3n) is 1.60. The Labute approximate surface area is 86.5 Å². The second-order valence-corrected chi connectivity index (χ2v) is 3.48. The molecule has 0 amide bonds. The third kappa shape index (κ3) is 2.79. The number of hydrogen-bond donors (Lipinski definition) is 1. The van der Waals surface area contributed by atoms with Crippen molar-refractivity contribution in [3.63, 3.8) is 0 Å². The van der Waals surface area contributed by atoms with Crippen LogP contribution in [0, 0.1) is 0 Å². The molecule has 0 bridgehead atoms. The van der Waals surface area contributed by atoms with Gasteiger partial charge in [0.25, 0.3) is 0 Å². The molecule has 1 N–H and O–H groups in total. The lowest BCUT2D eigenvalue weighted by atomic mass is 10.4. The number of aliphatic hydroxyl groups excluding tert-OH is 1. The van der Waals surface area contributed by atoms with Crippen molar-refractivity contribution in [3.8, 4) is 0 Å². The van der Waals surface area contributed by atoms with Crippen LogP contribution in [-0.4, -0.2) is 33.6 Å². The van der Waals surface area contributed by atoms with Crippen molar-refractivity contribution in [2.24, 2.45) is 0 Å². The summed E-state index contributed by atoms with van der Waals surface area (Å²) in [7, 11) is 0. The molecule has 0 aliphatic heterocycles. The van der Waals surface area contributed by atoms with Crippen molar-refractivity contribution in [3.05, 3.63) is 5.15 Å². The standard InChI is InChI=1S/C7H12ClN3OS/c1-2-3-11(4-5-12)7-6(8)9-13-10-7/h12H,2-5H2,1H3. The van der Waals surface area contributed by atoms with Gasteiger partial charge in [-0.25, -0.2) is 0 Å². The van der Waals surface area contributed by atoms with Gasteiger partial charge >= 0.3 is 0 Å². The molecule has 0 atom stereocenters. The Morgan fingerprint density at radius 3 is 2.69 bits per heavy atom. The molecule has 1 rings (SSSR count). The van der Waals surface area contributed by atoms with E-state index in [0.717, 1.165) is 24.7 Å². The minimum atomic E-state index is 0.105. The molecule has 4 nitrogen and oxygen atoms in total. The molecular formula is C7H12ClN3OS. The Morgan fingerprint density at radius 2 is 2.23 bits per heavy atom. The summed E-state index contributed by atoms with van der Waals surface area (Å²) in [6, 6.07) is 0. The lowest BCUT2D eigenvalue weighted by Gasteiger charge is -2.19. The molecule has 1 aromatic rings. The monoisotopic (exact) mass is 221 g/mol. The first-order valence-electron chi connectivity index (χ1n) is 4.13.